The summed E-state index contributed by atoms with van der Waals surface area (Å²) in [6, 6.07) is 4.11. The molecule has 0 saturated heterocycles. The lowest BCUT2D eigenvalue weighted by Crippen LogP contribution is -2.05. The second-order valence-electron chi connectivity index (χ2n) is 2.81. The molecule has 2 N–H and O–H groups in total. The summed E-state index contributed by atoms with van der Waals surface area (Å²) in [5.41, 5.74) is 0.329. The molecule has 7 heteroatoms. The molecule has 5 nitrogen and oxygen atoms in total. The van der Waals surface area contributed by atoms with Crippen LogP contribution in [-0.4, -0.2) is 24.0 Å². The van der Waals surface area contributed by atoms with Crippen molar-refractivity contribution in [1.29, 1.82) is 0 Å². The van der Waals surface area contributed by atoms with Gasteiger partial charge in [-0.3, -0.25) is 9.35 Å². The highest BCUT2D eigenvalue weighted by atomic mass is 127. The van der Waals surface area contributed by atoms with Crippen molar-refractivity contribution in [2.24, 2.45) is 0 Å². The number of carbonyl (C=O) groups is 1. The van der Waals surface area contributed by atoms with Crippen molar-refractivity contribution in [2.45, 2.75) is 11.3 Å². The fourth-order valence-corrected chi connectivity index (χ4v) is 2.82. The summed E-state index contributed by atoms with van der Waals surface area (Å²) in [7, 11) is -4.29. The number of aliphatic carboxylic acids is 1. The van der Waals surface area contributed by atoms with Crippen molar-refractivity contribution in [2.75, 3.05) is 0 Å². The molecule has 0 unspecified atom stereocenters. The molecular formula is C8H7IO5S. The number of hydrogen-bond donors (Lipinski definition) is 2. The van der Waals surface area contributed by atoms with Crippen LogP contribution in [0.5, 0.6) is 0 Å². The minimum Gasteiger partial charge on any atom is -0.481 e. The summed E-state index contributed by atoms with van der Waals surface area (Å²) in [5.74, 6) is -1.06. The van der Waals surface area contributed by atoms with Gasteiger partial charge in [0.2, 0.25) is 0 Å². The number of rotatable bonds is 3. The average molecular weight is 342 g/mol. The number of hydrogen-bond acceptors (Lipinski definition) is 3. The van der Waals surface area contributed by atoms with Crippen LogP contribution in [0.1, 0.15) is 5.56 Å². The first-order valence-corrected chi connectivity index (χ1v) is 6.30. The van der Waals surface area contributed by atoms with Gasteiger partial charge in [-0.1, -0.05) is 6.07 Å². The minimum atomic E-state index is -4.29. The minimum absolute atomic E-state index is 0.262. The number of benzene rings is 1. The van der Waals surface area contributed by atoms with Gasteiger partial charge in [-0.05, 0) is 40.3 Å². The lowest BCUT2D eigenvalue weighted by Gasteiger charge is -2.03. The molecule has 0 atom stereocenters. The Morgan fingerprint density at radius 3 is 2.47 bits per heavy atom. The van der Waals surface area contributed by atoms with Gasteiger partial charge in [0, 0.05) is 3.57 Å². The lowest BCUT2D eigenvalue weighted by molar-refractivity contribution is -0.136. The summed E-state index contributed by atoms with van der Waals surface area (Å²) in [6.45, 7) is 0. The van der Waals surface area contributed by atoms with E-state index in [0.29, 0.717) is 9.13 Å². The van der Waals surface area contributed by atoms with Crippen LogP contribution >= 0.6 is 22.6 Å². The molecule has 0 bridgehead atoms. The molecule has 15 heavy (non-hydrogen) atoms. The van der Waals surface area contributed by atoms with Gasteiger partial charge in [0.25, 0.3) is 10.1 Å². The summed E-state index contributed by atoms with van der Waals surface area (Å²) in [6.07, 6.45) is -0.278. The van der Waals surface area contributed by atoms with Crippen molar-refractivity contribution in [3.05, 3.63) is 27.3 Å². The van der Waals surface area contributed by atoms with Crippen molar-refractivity contribution in [1.82, 2.24) is 0 Å². The van der Waals surface area contributed by atoms with E-state index in [4.69, 9.17) is 9.66 Å². The smallest absolute Gasteiger partial charge is 0.307 e. The number of halogens is 1. The summed E-state index contributed by atoms with van der Waals surface area (Å²) in [5, 5.41) is 8.52. The fraction of sp³-hybridized carbons (Fsp3) is 0.125. The van der Waals surface area contributed by atoms with Crippen molar-refractivity contribution in [3.63, 3.8) is 0 Å². The Balaban J connectivity index is 3.23. The second kappa shape index (κ2) is 4.45. The van der Waals surface area contributed by atoms with Crippen LogP contribution in [-0.2, 0) is 21.3 Å². The fourth-order valence-electron chi connectivity index (χ4n) is 1.03. The summed E-state index contributed by atoms with van der Waals surface area (Å²) < 4.78 is 31.0. The second-order valence-corrected chi connectivity index (χ2v) is 5.36. The van der Waals surface area contributed by atoms with E-state index in [9.17, 15) is 13.2 Å². The Kier molecular flexibility index (Phi) is 3.68. The largest absolute Gasteiger partial charge is 0.481 e. The highest BCUT2D eigenvalue weighted by molar-refractivity contribution is 14.1. The first-order valence-electron chi connectivity index (χ1n) is 3.78. The average Bonchev–Trinajstić information content (AvgIpc) is 2.05. The normalized spacial score (nSPS) is 11.3. The molecule has 0 aliphatic rings. The van der Waals surface area contributed by atoms with E-state index in [1.165, 1.54) is 12.1 Å². The van der Waals surface area contributed by atoms with E-state index in [0.717, 1.165) is 6.07 Å². The molecule has 0 aliphatic carbocycles. The zero-order chi connectivity index (χ0) is 11.6. The molecule has 0 aromatic heterocycles. The van der Waals surface area contributed by atoms with Gasteiger partial charge in [0.1, 0.15) is 4.90 Å². The Morgan fingerprint density at radius 1 is 1.40 bits per heavy atom. The van der Waals surface area contributed by atoms with Crippen LogP contribution in [0, 0.1) is 3.57 Å². The van der Waals surface area contributed by atoms with Gasteiger partial charge in [0.15, 0.2) is 0 Å². The van der Waals surface area contributed by atoms with Crippen molar-refractivity contribution in [3.8, 4) is 0 Å². The SMILES string of the molecule is O=C(O)Cc1ccc(I)c(S(=O)(=O)O)c1. The standard InChI is InChI=1S/C8H7IO5S/c9-6-2-1-5(4-8(10)11)3-7(6)15(12,13)14/h1-3H,4H2,(H,10,11)(H,12,13,14). The molecule has 82 valence electrons. The molecule has 1 rings (SSSR count). The van der Waals surface area contributed by atoms with Gasteiger partial charge in [-0.25, -0.2) is 0 Å². The van der Waals surface area contributed by atoms with E-state index in [1.54, 1.807) is 22.6 Å². The predicted octanol–water partition coefficient (Wildman–Crippen LogP) is 1.17. The number of carboxylic acid groups (broad SMARTS) is 1. The first-order chi connectivity index (χ1) is 6.80. The van der Waals surface area contributed by atoms with Gasteiger partial charge in [-0.15, -0.1) is 0 Å². The quantitative estimate of drug-likeness (QED) is 0.636. The van der Waals surface area contributed by atoms with Crippen LogP contribution in [0.25, 0.3) is 0 Å². The van der Waals surface area contributed by atoms with Crippen LogP contribution in [0.15, 0.2) is 23.1 Å². The molecule has 0 spiro atoms. The molecule has 1 aromatic carbocycles. The molecule has 0 radical (unpaired) electrons. The maximum absolute atomic E-state index is 10.9. The third-order valence-electron chi connectivity index (χ3n) is 1.63. The third-order valence-corrected chi connectivity index (χ3v) is 3.83. The van der Waals surface area contributed by atoms with Gasteiger partial charge in [-0.2, -0.15) is 8.42 Å². The molecule has 0 aliphatic heterocycles. The van der Waals surface area contributed by atoms with Crippen LogP contribution in [0.4, 0.5) is 0 Å². The molecule has 0 heterocycles. The first kappa shape index (κ1) is 12.4. The molecule has 0 saturated carbocycles. The molecular weight excluding hydrogens is 335 g/mol. The maximum atomic E-state index is 10.9. The Hall–Kier alpha value is -0.670. The van der Waals surface area contributed by atoms with Crippen LogP contribution < -0.4 is 0 Å². The summed E-state index contributed by atoms with van der Waals surface area (Å²) >= 11 is 1.75. The van der Waals surface area contributed by atoms with E-state index < -0.39 is 16.1 Å². The van der Waals surface area contributed by atoms with E-state index in [-0.39, 0.29) is 11.3 Å². The molecule has 1 aromatic rings. The molecule has 0 amide bonds. The van der Waals surface area contributed by atoms with E-state index in [2.05, 4.69) is 0 Å². The summed E-state index contributed by atoms with van der Waals surface area (Å²) in [4.78, 5) is 10.1. The number of carboxylic acids is 1. The highest BCUT2D eigenvalue weighted by Crippen LogP contribution is 2.19. The van der Waals surface area contributed by atoms with Gasteiger partial charge >= 0.3 is 5.97 Å². The monoisotopic (exact) mass is 342 g/mol. The lowest BCUT2D eigenvalue weighted by atomic mass is 10.2. The van der Waals surface area contributed by atoms with Gasteiger partial charge in [0.05, 0.1) is 6.42 Å². The Morgan fingerprint density at radius 2 is 2.00 bits per heavy atom. The zero-order valence-corrected chi connectivity index (χ0v) is 10.3. The van der Waals surface area contributed by atoms with E-state index in [1.807, 2.05) is 0 Å². The van der Waals surface area contributed by atoms with Crippen molar-refractivity contribution >= 4 is 38.7 Å². The maximum Gasteiger partial charge on any atom is 0.307 e. The van der Waals surface area contributed by atoms with Crippen LogP contribution in [0.3, 0.4) is 0 Å². The third kappa shape index (κ3) is 3.43. The van der Waals surface area contributed by atoms with Crippen molar-refractivity contribution < 1.29 is 22.9 Å². The van der Waals surface area contributed by atoms with E-state index >= 15 is 0 Å². The Labute approximate surface area is 100 Å². The van der Waals surface area contributed by atoms with Crippen LogP contribution in [0.2, 0.25) is 0 Å². The predicted molar refractivity (Wildman–Crippen MR) is 60.3 cm³/mol. The Bertz CT molecular complexity index is 494. The topological polar surface area (TPSA) is 91.7 Å². The highest BCUT2D eigenvalue weighted by Gasteiger charge is 2.15. The van der Waals surface area contributed by atoms with Gasteiger partial charge < -0.3 is 5.11 Å². The molecule has 0 fully saturated rings. The zero-order valence-electron chi connectivity index (χ0n) is 7.34.